The maximum atomic E-state index is 5.22. The molecule has 0 radical (unpaired) electrons. The zero-order chi connectivity index (χ0) is 13.1. The fraction of sp³-hybridized carbons (Fsp3) is 0.357. The molecule has 0 atom stereocenters. The van der Waals surface area contributed by atoms with Crippen LogP contribution in [0.15, 0.2) is 18.2 Å². The summed E-state index contributed by atoms with van der Waals surface area (Å²) in [5, 5.41) is 0. The molecule has 0 bridgehead atoms. The van der Waals surface area contributed by atoms with Gasteiger partial charge < -0.3 is 4.98 Å². The van der Waals surface area contributed by atoms with Crippen LogP contribution < -0.4 is 0 Å². The Bertz CT molecular complexity index is 596. The second-order valence-electron chi connectivity index (χ2n) is 4.48. The normalized spacial score (nSPS) is 10.6. The van der Waals surface area contributed by atoms with Gasteiger partial charge in [-0.15, -0.1) is 0 Å². The van der Waals surface area contributed by atoms with Gasteiger partial charge in [0, 0.05) is 22.6 Å². The first-order valence-electron chi connectivity index (χ1n) is 6.14. The molecule has 94 valence electrons. The first-order valence-corrected chi connectivity index (χ1v) is 6.55. The van der Waals surface area contributed by atoms with Gasteiger partial charge in [-0.3, -0.25) is 4.98 Å². The van der Waals surface area contributed by atoms with Gasteiger partial charge >= 0.3 is 0 Å². The van der Waals surface area contributed by atoms with Crippen molar-refractivity contribution in [1.29, 1.82) is 0 Å². The van der Waals surface area contributed by atoms with Crippen molar-refractivity contribution in [3.05, 3.63) is 39.9 Å². The highest BCUT2D eigenvalue weighted by atomic mass is 32.1. The Morgan fingerprint density at radius 3 is 2.39 bits per heavy atom. The number of rotatable bonds is 3. The lowest BCUT2D eigenvalue weighted by Crippen LogP contribution is -1.97. The number of aryl methyl sites for hydroxylation is 3. The summed E-state index contributed by atoms with van der Waals surface area (Å²) in [4.78, 5) is 12.1. The zero-order valence-corrected chi connectivity index (χ0v) is 11.8. The molecule has 0 aromatic carbocycles. The Morgan fingerprint density at radius 2 is 1.78 bits per heavy atom. The van der Waals surface area contributed by atoms with E-state index < -0.39 is 0 Å². The molecule has 1 N–H and O–H groups in total. The highest BCUT2D eigenvalue weighted by Gasteiger charge is 2.04. The van der Waals surface area contributed by atoms with Gasteiger partial charge in [0.25, 0.3) is 0 Å². The van der Waals surface area contributed by atoms with Gasteiger partial charge in [0.15, 0.2) is 0 Å². The Kier molecular flexibility index (Phi) is 3.87. The summed E-state index contributed by atoms with van der Waals surface area (Å²) in [7, 11) is 0. The molecule has 0 aliphatic rings. The van der Waals surface area contributed by atoms with Crippen LogP contribution in [0.5, 0.6) is 0 Å². The van der Waals surface area contributed by atoms with Crippen molar-refractivity contribution in [2.45, 2.75) is 33.6 Å². The van der Waals surface area contributed by atoms with Gasteiger partial charge in [0.1, 0.15) is 10.5 Å². The highest BCUT2D eigenvalue weighted by Crippen LogP contribution is 2.17. The standard InChI is InChI=1S/C14H17N3S/c1-4-5-12-8-13(18)17-14(16-12)11-6-9(2)15-10(3)7-11/h6-8H,4-5H2,1-3H3,(H,16,17,18). The summed E-state index contributed by atoms with van der Waals surface area (Å²) in [5.41, 5.74) is 4.17. The third-order valence-corrected chi connectivity index (χ3v) is 2.88. The van der Waals surface area contributed by atoms with Crippen molar-refractivity contribution in [2.24, 2.45) is 0 Å². The van der Waals surface area contributed by atoms with E-state index in [1.165, 1.54) is 0 Å². The largest absolute Gasteiger partial charge is 0.343 e. The number of nitrogens with zero attached hydrogens (tertiary/aromatic N) is 2. The van der Waals surface area contributed by atoms with Crippen molar-refractivity contribution in [2.75, 3.05) is 0 Å². The minimum Gasteiger partial charge on any atom is -0.343 e. The lowest BCUT2D eigenvalue weighted by atomic mass is 10.1. The lowest BCUT2D eigenvalue weighted by Gasteiger charge is -2.07. The predicted molar refractivity (Wildman–Crippen MR) is 76.1 cm³/mol. The molecule has 4 heteroatoms. The topological polar surface area (TPSA) is 41.6 Å². The van der Waals surface area contributed by atoms with Crippen molar-refractivity contribution in [3.63, 3.8) is 0 Å². The van der Waals surface area contributed by atoms with Crippen molar-refractivity contribution in [1.82, 2.24) is 15.0 Å². The van der Waals surface area contributed by atoms with Crippen LogP contribution in [0.3, 0.4) is 0 Å². The van der Waals surface area contributed by atoms with Crippen LogP contribution in [0.1, 0.15) is 30.4 Å². The smallest absolute Gasteiger partial charge is 0.139 e. The maximum Gasteiger partial charge on any atom is 0.139 e. The second kappa shape index (κ2) is 5.40. The molecule has 2 heterocycles. The SMILES string of the molecule is CCCc1cc(=S)nc(-c2cc(C)nc(C)c2)[nH]1. The van der Waals surface area contributed by atoms with E-state index in [1.807, 2.05) is 32.0 Å². The van der Waals surface area contributed by atoms with Gasteiger partial charge in [0.05, 0.1) is 0 Å². The number of aromatic amines is 1. The van der Waals surface area contributed by atoms with Crippen LogP contribution >= 0.6 is 12.2 Å². The third-order valence-electron chi connectivity index (χ3n) is 2.67. The molecule has 0 unspecified atom stereocenters. The molecular weight excluding hydrogens is 242 g/mol. The number of H-pyrrole nitrogens is 1. The molecule has 0 aliphatic carbocycles. The summed E-state index contributed by atoms with van der Waals surface area (Å²) in [5.74, 6) is 0.833. The van der Waals surface area contributed by atoms with Crippen molar-refractivity contribution < 1.29 is 0 Å². The van der Waals surface area contributed by atoms with Crippen LogP contribution in [0.4, 0.5) is 0 Å². The van der Waals surface area contributed by atoms with E-state index in [2.05, 4.69) is 21.9 Å². The highest BCUT2D eigenvalue weighted by molar-refractivity contribution is 7.71. The Hall–Kier alpha value is -1.55. The Morgan fingerprint density at radius 1 is 1.11 bits per heavy atom. The zero-order valence-electron chi connectivity index (χ0n) is 10.9. The predicted octanol–water partition coefficient (Wildman–Crippen LogP) is 3.77. The monoisotopic (exact) mass is 259 g/mol. The molecule has 3 nitrogen and oxygen atoms in total. The van der Waals surface area contributed by atoms with Crippen molar-refractivity contribution >= 4 is 12.2 Å². The summed E-state index contributed by atoms with van der Waals surface area (Å²) >= 11 is 5.22. The fourth-order valence-corrected chi connectivity index (χ4v) is 2.25. The lowest BCUT2D eigenvalue weighted by molar-refractivity contribution is 0.873. The van der Waals surface area contributed by atoms with Crippen LogP contribution in [0.2, 0.25) is 0 Å². The summed E-state index contributed by atoms with van der Waals surface area (Å²) in [6, 6.07) is 5.98. The van der Waals surface area contributed by atoms with E-state index in [-0.39, 0.29) is 0 Å². The summed E-state index contributed by atoms with van der Waals surface area (Å²) < 4.78 is 0.638. The van der Waals surface area contributed by atoms with Crippen molar-refractivity contribution in [3.8, 4) is 11.4 Å². The van der Waals surface area contributed by atoms with Crippen LogP contribution in [0.25, 0.3) is 11.4 Å². The first-order chi connectivity index (χ1) is 8.58. The van der Waals surface area contributed by atoms with E-state index in [1.54, 1.807) is 0 Å². The Balaban J connectivity index is 2.52. The molecular formula is C14H17N3S. The molecule has 0 aliphatic heterocycles. The summed E-state index contributed by atoms with van der Waals surface area (Å²) in [6.45, 7) is 6.12. The van der Waals surface area contributed by atoms with E-state index in [9.17, 15) is 0 Å². The fourth-order valence-electron chi connectivity index (χ4n) is 2.02. The first kappa shape index (κ1) is 12.9. The van der Waals surface area contributed by atoms with Gasteiger partial charge in [-0.05, 0) is 38.5 Å². The van der Waals surface area contributed by atoms with E-state index >= 15 is 0 Å². The number of pyridine rings is 1. The molecule has 0 saturated heterocycles. The molecule has 18 heavy (non-hydrogen) atoms. The molecule has 0 spiro atoms. The average molecular weight is 259 g/mol. The van der Waals surface area contributed by atoms with E-state index in [4.69, 9.17) is 12.2 Å². The number of aromatic nitrogens is 3. The van der Waals surface area contributed by atoms with E-state index in [0.29, 0.717) is 4.64 Å². The van der Waals surface area contributed by atoms with Gasteiger partial charge in [-0.1, -0.05) is 25.6 Å². The van der Waals surface area contributed by atoms with Gasteiger partial charge in [-0.25, -0.2) is 4.98 Å². The van der Waals surface area contributed by atoms with Crippen LogP contribution in [-0.4, -0.2) is 15.0 Å². The second-order valence-corrected chi connectivity index (χ2v) is 4.90. The average Bonchev–Trinajstić information content (AvgIpc) is 2.27. The molecule has 0 saturated carbocycles. The van der Waals surface area contributed by atoms with Crippen LogP contribution in [-0.2, 0) is 6.42 Å². The molecule has 0 amide bonds. The molecule has 2 rings (SSSR count). The third kappa shape index (κ3) is 3.01. The molecule has 2 aromatic heterocycles. The number of hydrogen-bond donors (Lipinski definition) is 1. The summed E-state index contributed by atoms with van der Waals surface area (Å²) in [6.07, 6.45) is 2.07. The minimum atomic E-state index is 0.638. The van der Waals surface area contributed by atoms with E-state index in [0.717, 1.165) is 41.3 Å². The molecule has 0 fully saturated rings. The quantitative estimate of drug-likeness (QED) is 0.853. The number of hydrogen-bond acceptors (Lipinski definition) is 3. The molecule has 2 aromatic rings. The van der Waals surface area contributed by atoms with Crippen LogP contribution in [0, 0.1) is 18.5 Å². The maximum absolute atomic E-state index is 5.22. The van der Waals surface area contributed by atoms with Gasteiger partial charge in [0.2, 0.25) is 0 Å². The Labute approximate surface area is 112 Å². The van der Waals surface area contributed by atoms with Gasteiger partial charge in [-0.2, -0.15) is 0 Å². The minimum absolute atomic E-state index is 0.638. The number of nitrogens with one attached hydrogen (secondary N) is 1.